The van der Waals surface area contributed by atoms with E-state index in [-0.39, 0.29) is 43.0 Å². The zero-order chi connectivity index (χ0) is 25.1. The van der Waals surface area contributed by atoms with E-state index in [0.717, 1.165) is 16.6 Å². The summed E-state index contributed by atoms with van der Waals surface area (Å²) in [6.07, 6.45) is -1.02. The summed E-state index contributed by atoms with van der Waals surface area (Å²) in [6.45, 7) is 6.00. The third kappa shape index (κ3) is 4.33. The molecule has 2 aliphatic rings. The summed E-state index contributed by atoms with van der Waals surface area (Å²) in [7, 11) is 0. The Morgan fingerprint density at radius 1 is 1.11 bits per heavy atom. The average molecular weight is 487 g/mol. The Balaban J connectivity index is 1.55. The minimum Gasteiger partial charge on any atom is -0.465 e. The van der Waals surface area contributed by atoms with Crippen molar-refractivity contribution in [2.75, 3.05) is 25.0 Å². The number of likely N-dealkylation sites (tertiary alicyclic amines) is 1. The maximum Gasteiger partial charge on any atom is 0.407 e. The quantitative estimate of drug-likeness (QED) is 0.518. The van der Waals surface area contributed by atoms with Crippen LogP contribution in [0.4, 0.5) is 23.7 Å². The number of amides is 1. The fourth-order valence-electron chi connectivity index (χ4n) is 5.34. The number of para-hydroxylation sites is 1. The first-order valence-electron chi connectivity index (χ1n) is 11.8. The van der Waals surface area contributed by atoms with Gasteiger partial charge in [-0.3, -0.25) is 4.90 Å². The van der Waals surface area contributed by atoms with Crippen molar-refractivity contribution in [3.63, 3.8) is 0 Å². The first kappa shape index (κ1) is 23.5. The number of rotatable bonds is 5. The zero-order valence-corrected chi connectivity index (χ0v) is 19.9. The molecule has 0 radical (unpaired) electrons. The molecule has 1 saturated heterocycles. The molecule has 1 amide bonds. The summed E-state index contributed by atoms with van der Waals surface area (Å²) in [5.41, 5.74) is 0.278. The van der Waals surface area contributed by atoms with E-state index < -0.39 is 29.4 Å². The standard InChI is InChI=1S/C26H29F3N4O2/c1-15-11-32-21-7-5-4-6-16(21)8-22(32)24(33(15)14-26(2,3)29)23-19(27)9-17(10-20(23)28)30-18-12-31(13-18)25(34)35/h4-10,15,18,24,30H,11-14H2,1-3H3,(H,34,35)/t15-,24+/m1/s1. The summed E-state index contributed by atoms with van der Waals surface area (Å²) < 4.78 is 48.2. The number of anilines is 1. The van der Waals surface area contributed by atoms with Crippen LogP contribution in [-0.4, -0.2) is 63.0 Å². The molecule has 3 aromatic rings. The van der Waals surface area contributed by atoms with Crippen LogP contribution in [0.15, 0.2) is 42.5 Å². The molecule has 1 aromatic heterocycles. The van der Waals surface area contributed by atoms with Crippen molar-refractivity contribution < 1.29 is 23.1 Å². The van der Waals surface area contributed by atoms with E-state index in [1.807, 2.05) is 42.2 Å². The smallest absolute Gasteiger partial charge is 0.407 e. The molecule has 1 fully saturated rings. The van der Waals surface area contributed by atoms with E-state index in [4.69, 9.17) is 5.11 Å². The molecule has 0 bridgehead atoms. The molecule has 35 heavy (non-hydrogen) atoms. The van der Waals surface area contributed by atoms with Gasteiger partial charge in [0.25, 0.3) is 0 Å². The van der Waals surface area contributed by atoms with Crippen molar-refractivity contribution in [1.82, 2.24) is 14.4 Å². The van der Waals surface area contributed by atoms with Crippen LogP contribution in [0.3, 0.4) is 0 Å². The minimum absolute atomic E-state index is 0.0202. The summed E-state index contributed by atoms with van der Waals surface area (Å²) in [6, 6.07) is 11.0. The van der Waals surface area contributed by atoms with Crippen LogP contribution in [0, 0.1) is 11.6 Å². The fourth-order valence-corrected chi connectivity index (χ4v) is 5.34. The van der Waals surface area contributed by atoms with Gasteiger partial charge in [0, 0.05) is 54.7 Å². The summed E-state index contributed by atoms with van der Waals surface area (Å²) in [5.74, 6) is -1.45. The summed E-state index contributed by atoms with van der Waals surface area (Å²) >= 11 is 0. The van der Waals surface area contributed by atoms with Gasteiger partial charge in [0.05, 0.1) is 12.1 Å². The Morgan fingerprint density at radius 2 is 1.77 bits per heavy atom. The molecule has 0 spiro atoms. The van der Waals surface area contributed by atoms with Crippen LogP contribution in [0.1, 0.15) is 38.1 Å². The van der Waals surface area contributed by atoms with Gasteiger partial charge in [-0.1, -0.05) is 18.2 Å². The van der Waals surface area contributed by atoms with Crippen LogP contribution >= 0.6 is 0 Å². The lowest BCUT2D eigenvalue weighted by molar-refractivity contribution is 0.0507. The largest absolute Gasteiger partial charge is 0.465 e. The molecule has 0 unspecified atom stereocenters. The molecule has 5 rings (SSSR count). The Bertz CT molecular complexity index is 1260. The average Bonchev–Trinajstić information content (AvgIpc) is 3.09. The SMILES string of the molecule is C[C@@H]1Cn2c(cc3ccccc32)[C@@H](c2c(F)cc(NC3CN(C(=O)O)C3)cc2F)N1CC(C)(C)F. The molecule has 2 atom stereocenters. The first-order valence-corrected chi connectivity index (χ1v) is 11.8. The monoisotopic (exact) mass is 486 g/mol. The van der Waals surface area contributed by atoms with E-state index in [1.54, 1.807) is 0 Å². The second-order valence-corrected chi connectivity index (χ2v) is 10.3. The van der Waals surface area contributed by atoms with Gasteiger partial charge in [-0.2, -0.15) is 0 Å². The normalized spacial score (nSPS) is 21.1. The highest BCUT2D eigenvalue weighted by Crippen LogP contribution is 2.42. The van der Waals surface area contributed by atoms with Gasteiger partial charge in [-0.05, 0) is 50.4 Å². The Labute approximate surface area is 201 Å². The van der Waals surface area contributed by atoms with E-state index in [9.17, 15) is 9.18 Å². The van der Waals surface area contributed by atoms with Crippen molar-refractivity contribution in [3.05, 3.63) is 65.4 Å². The Hall–Kier alpha value is -3.20. The maximum absolute atomic E-state index is 15.6. The highest BCUT2D eigenvalue weighted by molar-refractivity contribution is 5.82. The lowest BCUT2D eigenvalue weighted by atomic mass is 9.94. The van der Waals surface area contributed by atoms with Crippen molar-refractivity contribution >= 4 is 22.7 Å². The van der Waals surface area contributed by atoms with E-state index >= 15 is 8.78 Å². The number of carbonyl (C=O) groups is 1. The highest BCUT2D eigenvalue weighted by atomic mass is 19.1. The highest BCUT2D eigenvalue weighted by Gasteiger charge is 2.40. The molecular weight excluding hydrogens is 457 g/mol. The number of fused-ring (bicyclic) bond motifs is 3. The number of hydrogen-bond donors (Lipinski definition) is 2. The third-order valence-electron chi connectivity index (χ3n) is 6.90. The maximum atomic E-state index is 15.6. The second kappa shape index (κ2) is 8.48. The molecule has 0 saturated carbocycles. The molecule has 2 N–H and O–H groups in total. The van der Waals surface area contributed by atoms with Gasteiger partial charge < -0.3 is 19.9 Å². The van der Waals surface area contributed by atoms with Crippen LogP contribution < -0.4 is 5.32 Å². The third-order valence-corrected chi connectivity index (χ3v) is 6.90. The molecule has 3 heterocycles. The fraction of sp³-hybridized carbons (Fsp3) is 0.423. The predicted octanol–water partition coefficient (Wildman–Crippen LogP) is 5.24. The number of nitrogens with zero attached hydrogens (tertiary/aromatic N) is 3. The second-order valence-electron chi connectivity index (χ2n) is 10.3. The number of benzene rings is 2. The number of hydrogen-bond acceptors (Lipinski definition) is 3. The Morgan fingerprint density at radius 3 is 2.40 bits per heavy atom. The lowest BCUT2D eigenvalue weighted by Gasteiger charge is -2.44. The van der Waals surface area contributed by atoms with Crippen molar-refractivity contribution in [2.45, 2.75) is 51.1 Å². The van der Waals surface area contributed by atoms with Gasteiger partial charge in [0.2, 0.25) is 0 Å². The van der Waals surface area contributed by atoms with Crippen molar-refractivity contribution in [2.24, 2.45) is 0 Å². The van der Waals surface area contributed by atoms with Gasteiger partial charge in [-0.15, -0.1) is 0 Å². The van der Waals surface area contributed by atoms with E-state index in [0.29, 0.717) is 6.54 Å². The first-order chi connectivity index (χ1) is 16.5. The molecule has 0 aliphatic carbocycles. The van der Waals surface area contributed by atoms with Crippen LogP contribution in [0.5, 0.6) is 0 Å². The molecule has 186 valence electrons. The van der Waals surface area contributed by atoms with Gasteiger partial charge >= 0.3 is 6.09 Å². The van der Waals surface area contributed by atoms with Crippen LogP contribution in [0.2, 0.25) is 0 Å². The van der Waals surface area contributed by atoms with E-state index in [1.165, 1.54) is 30.9 Å². The molecule has 9 heteroatoms. The van der Waals surface area contributed by atoms with Crippen LogP contribution in [0.25, 0.3) is 10.9 Å². The molecular formula is C26H29F3N4O2. The number of nitrogens with one attached hydrogen (secondary N) is 1. The molecule has 2 aliphatic heterocycles. The summed E-state index contributed by atoms with van der Waals surface area (Å²) in [4.78, 5) is 14.0. The van der Waals surface area contributed by atoms with Gasteiger partial charge in [0.15, 0.2) is 0 Å². The topological polar surface area (TPSA) is 60.7 Å². The number of halogens is 3. The molecule has 6 nitrogen and oxygen atoms in total. The van der Waals surface area contributed by atoms with E-state index in [2.05, 4.69) is 9.88 Å². The number of carboxylic acid groups (broad SMARTS) is 1. The van der Waals surface area contributed by atoms with Gasteiger partial charge in [-0.25, -0.2) is 18.0 Å². The van der Waals surface area contributed by atoms with Crippen molar-refractivity contribution in [3.8, 4) is 0 Å². The van der Waals surface area contributed by atoms with Gasteiger partial charge in [0.1, 0.15) is 17.3 Å². The Kier molecular flexibility index (Phi) is 5.70. The zero-order valence-electron chi connectivity index (χ0n) is 19.9. The minimum atomic E-state index is -1.56. The molecule has 2 aromatic carbocycles. The predicted molar refractivity (Wildman–Crippen MR) is 129 cm³/mol. The van der Waals surface area contributed by atoms with Crippen LogP contribution in [-0.2, 0) is 6.54 Å². The van der Waals surface area contributed by atoms with Crippen molar-refractivity contribution in [1.29, 1.82) is 0 Å². The summed E-state index contributed by atoms with van der Waals surface area (Å²) in [5, 5.41) is 13.0. The lowest BCUT2D eigenvalue weighted by Crippen LogP contribution is -2.56. The number of aromatic nitrogens is 1. The number of alkyl halides is 1.